The summed E-state index contributed by atoms with van der Waals surface area (Å²) in [6.45, 7) is 8.66. The minimum absolute atomic E-state index is 0.205. The van der Waals surface area contributed by atoms with Gasteiger partial charge in [0.2, 0.25) is 11.8 Å². The maximum Gasteiger partial charge on any atom is 0.243 e. The Morgan fingerprint density at radius 2 is 1.33 bits per heavy atom. The van der Waals surface area contributed by atoms with Crippen LogP contribution in [0.4, 0.5) is 0 Å². The fourth-order valence-corrected chi connectivity index (χ4v) is 3.25. The molecule has 0 aliphatic carbocycles. The largest absolute Gasteiger partial charge is 0.497 e. The lowest BCUT2D eigenvalue weighted by atomic mass is 10.0. The number of benzene rings is 2. The molecule has 8 nitrogen and oxygen atoms in total. The maximum atomic E-state index is 13.5. The maximum absolute atomic E-state index is 13.5. The van der Waals surface area contributed by atoms with Gasteiger partial charge in [0.25, 0.3) is 0 Å². The topological polar surface area (TPSA) is 103 Å². The number of carbonyl (C=O) groups excluding carboxylic acids is 3. The fourth-order valence-electron chi connectivity index (χ4n) is 3.25. The molecule has 0 spiro atoms. The molecule has 0 aromatic heterocycles. The first kappa shape index (κ1) is 28.2. The smallest absolute Gasteiger partial charge is 0.243 e. The Labute approximate surface area is 212 Å². The quantitative estimate of drug-likeness (QED) is 0.197. The monoisotopic (exact) mass is 494 g/mol. The van der Waals surface area contributed by atoms with Crippen LogP contribution < -0.4 is 24.8 Å². The van der Waals surface area contributed by atoms with E-state index >= 15 is 0 Å². The summed E-state index contributed by atoms with van der Waals surface area (Å²) in [7, 11) is 1.55. The Morgan fingerprint density at radius 3 is 1.92 bits per heavy atom. The summed E-state index contributed by atoms with van der Waals surface area (Å²) in [5, 5.41) is 5.44. The molecule has 192 valence electrons. The van der Waals surface area contributed by atoms with Crippen LogP contribution >= 0.6 is 0 Å². The second kappa shape index (κ2) is 15.8. The van der Waals surface area contributed by atoms with Gasteiger partial charge in [-0.1, -0.05) is 25.3 Å². The number of nitrogens with one attached hydrogen (secondary N) is 2. The van der Waals surface area contributed by atoms with E-state index in [2.05, 4.69) is 23.8 Å². The van der Waals surface area contributed by atoms with Crippen molar-refractivity contribution in [1.82, 2.24) is 10.6 Å². The second-order valence-electron chi connectivity index (χ2n) is 7.79. The van der Waals surface area contributed by atoms with Crippen molar-refractivity contribution in [3.05, 3.63) is 78.9 Å². The zero-order chi connectivity index (χ0) is 26.2. The summed E-state index contributed by atoms with van der Waals surface area (Å²) < 4.78 is 17.1. The number of hydrogen-bond donors (Lipinski definition) is 2. The van der Waals surface area contributed by atoms with Crippen molar-refractivity contribution in [3.63, 3.8) is 0 Å². The SMILES string of the molecule is C=CC(=O)NCCCCOc1ccccc1C(=O)c1ccc(OC)cc1OCCCCNC(=O)C=C. The van der Waals surface area contributed by atoms with Gasteiger partial charge in [-0.25, -0.2) is 0 Å². The van der Waals surface area contributed by atoms with Crippen molar-refractivity contribution in [2.75, 3.05) is 33.4 Å². The molecule has 0 saturated heterocycles. The normalized spacial score (nSPS) is 10.1. The number of para-hydroxylation sites is 1. The Bertz CT molecular complexity index is 1050. The zero-order valence-corrected chi connectivity index (χ0v) is 20.7. The van der Waals surface area contributed by atoms with Crippen molar-refractivity contribution in [1.29, 1.82) is 0 Å². The van der Waals surface area contributed by atoms with Crippen LogP contribution in [0.5, 0.6) is 17.2 Å². The van der Waals surface area contributed by atoms with Crippen molar-refractivity contribution in [2.24, 2.45) is 0 Å². The highest BCUT2D eigenvalue weighted by Gasteiger charge is 2.19. The molecule has 8 heteroatoms. The molecule has 0 bridgehead atoms. The van der Waals surface area contributed by atoms with Crippen LogP contribution in [0, 0.1) is 0 Å². The molecule has 0 radical (unpaired) electrons. The number of hydrogen-bond acceptors (Lipinski definition) is 6. The number of carbonyl (C=O) groups is 3. The third-order valence-corrected chi connectivity index (χ3v) is 5.19. The van der Waals surface area contributed by atoms with Gasteiger partial charge in [0.1, 0.15) is 17.2 Å². The summed E-state index contributed by atoms with van der Waals surface area (Å²) in [5.74, 6) is 0.841. The highest BCUT2D eigenvalue weighted by atomic mass is 16.5. The lowest BCUT2D eigenvalue weighted by Crippen LogP contribution is -2.22. The lowest BCUT2D eigenvalue weighted by molar-refractivity contribution is -0.117. The minimum Gasteiger partial charge on any atom is -0.497 e. The van der Waals surface area contributed by atoms with Crippen molar-refractivity contribution in [2.45, 2.75) is 25.7 Å². The van der Waals surface area contributed by atoms with Gasteiger partial charge in [0.15, 0.2) is 5.78 Å². The summed E-state index contributed by atoms with van der Waals surface area (Å²) in [6.07, 6.45) is 5.33. The average Bonchev–Trinajstić information content (AvgIpc) is 2.91. The number of methoxy groups -OCH3 is 1. The first-order chi connectivity index (χ1) is 17.5. The standard InChI is InChI=1S/C28H34N2O6/c1-4-26(31)29-16-8-10-18-35-24-13-7-6-12-22(24)28(33)23-15-14-21(34-3)20-25(23)36-19-11-9-17-30-27(32)5-2/h4-7,12-15,20H,1-2,8-11,16-19H2,3H3,(H,29,31)(H,30,32). The van der Waals surface area contributed by atoms with E-state index in [4.69, 9.17) is 14.2 Å². The molecule has 0 fully saturated rings. The average molecular weight is 495 g/mol. The highest BCUT2D eigenvalue weighted by molar-refractivity contribution is 6.12. The van der Waals surface area contributed by atoms with Crippen LogP contribution in [0.3, 0.4) is 0 Å². The molecule has 2 N–H and O–H groups in total. The van der Waals surface area contributed by atoms with Crippen LogP contribution in [0.1, 0.15) is 41.6 Å². The molecule has 0 atom stereocenters. The molecule has 2 aromatic rings. The van der Waals surface area contributed by atoms with Gasteiger partial charge >= 0.3 is 0 Å². The van der Waals surface area contributed by atoms with Gasteiger partial charge in [-0.15, -0.1) is 0 Å². The fraction of sp³-hybridized carbons (Fsp3) is 0.321. The van der Waals surface area contributed by atoms with Crippen LogP contribution in [0.15, 0.2) is 67.8 Å². The third-order valence-electron chi connectivity index (χ3n) is 5.19. The summed E-state index contributed by atoms with van der Waals surface area (Å²) in [5.41, 5.74) is 0.832. The lowest BCUT2D eigenvalue weighted by Gasteiger charge is -2.15. The van der Waals surface area contributed by atoms with E-state index < -0.39 is 0 Å². The molecule has 2 aromatic carbocycles. The van der Waals surface area contributed by atoms with E-state index in [1.165, 1.54) is 12.2 Å². The van der Waals surface area contributed by atoms with E-state index in [-0.39, 0.29) is 17.6 Å². The Balaban J connectivity index is 2.01. The number of rotatable bonds is 17. The van der Waals surface area contributed by atoms with E-state index in [9.17, 15) is 14.4 Å². The summed E-state index contributed by atoms with van der Waals surface area (Å²) in [6, 6.07) is 12.2. The Morgan fingerprint density at radius 1 is 0.778 bits per heavy atom. The van der Waals surface area contributed by atoms with Gasteiger partial charge in [-0.2, -0.15) is 0 Å². The van der Waals surface area contributed by atoms with Gasteiger partial charge in [-0.3, -0.25) is 14.4 Å². The van der Waals surface area contributed by atoms with Gasteiger partial charge < -0.3 is 24.8 Å². The van der Waals surface area contributed by atoms with E-state index in [0.29, 0.717) is 67.5 Å². The molecule has 36 heavy (non-hydrogen) atoms. The van der Waals surface area contributed by atoms with Gasteiger partial charge in [0, 0.05) is 19.2 Å². The van der Waals surface area contributed by atoms with Crippen LogP contribution in [0.25, 0.3) is 0 Å². The van der Waals surface area contributed by atoms with Crippen LogP contribution in [-0.4, -0.2) is 51.0 Å². The van der Waals surface area contributed by atoms with Crippen LogP contribution in [-0.2, 0) is 9.59 Å². The second-order valence-corrected chi connectivity index (χ2v) is 7.79. The number of ketones is 1. The molecular weight excluding hydrogens is 460 g/mol. The molecule has 0 aliphatic rings. The van der Waals surface area contributed by atoms with E-state index in [1.807, 2.05) is 6.07 Å². The van der Waals surface area contributed by atoms with Crippen molar-refractivity contribution < 1.29 is 28.6 Å². The Kier molecular flexibility index (Phi) is 12.3. The molecule has 0 aliphatic heterocycles. The molecule has 2 amide bonds. The first-order valence-corrected chi connectivity index (χ1v) is 11.9. The first-order valence-electron chi connectivity index (χ1n) is 11.9. The molecular formula is C28H34N2O6. The minimum atomic E-state index is -0.222. The van der Waals surface area contributed by atoms with Crippen molar-refractivity contribution >= 4 is 17.6 Å². The highest BCUT2D eigenvalue weighted by Crippen LogP contribution is 2.30. The number of amides is 2. The van der Waals surface area contributed by atoms with Gasteiger partial charge in [0.05, 0.1) is 31.5 Å². The molecule has 0 unspecified atom stereocenters. The van der Waals surface area contributed by atoms with E-state index in [0.717, 1.165) is 12.8 Å². The molecule has 2 rings (SSSR count). The predicted molar refractivity (Wildman–Crippen MR) is 139 cm³/mol. The number of unbranched alkanes of at least 4 members (excludes halogenated alkanes) is 2. The Hall–Kier alpha value is -4.07. The third kappa shape index (κ3) is 9.29. The predicted octanol–water partition coefficient (Wildman–Crippen LogP) is 3.85. The zero-order valence-electron chi connectivity index (χ0n) is 20.7. The van der Waals surface area contributed by atoms with Crippen LogP contribution in [0.2, 0.25) is 0 Å². The van der Waals surface area contributed by atoms with E-state index in [1.54, 1.807) is 43.5 Å². The van der Waals surface area contributed by atoms with Crippen molar-refractivity contribution in [3.8, 4) is 17.2 Å². The molecule has 0 saturated carbocycles. The number of ether oxygens (including phenoxy) is 3. The van der Waals surface area contributed by atoms with Gasteiger partial charge in [-0.05, 0) is 62.1 Å². The summed E-state index contributed by atoms with van der Waals surface area (Å²) in [4.78, 5) is 35.9. The molecule has 0 heterocycles. The summed E-state index contributed by atoms with van der Waals surface area (Å²) >= 11 is 0.